The van der Waals surface area contributed by atoms with E-state index < -0.39 is 42.5 Å². The lowest BCUT2D eigenvalue weighted by molar-refractivity contribution is -0.140. The van der Waals surface area contributed by atoms with E-state index in [0.717, 1.165) is 12.3 Å². The van der Waals surface area contributed by atoms with Gasteiger partial charge in [-0.1, -0.05) is 0 Å². The molecule has 1 aromatic rings. The monoisotopic (exact) mass is 302 g/mol. The zero-order valence-electron chi connectivity index (χ0n) is 9.68. The van der Waals surface area contributed by atoms with E-state index in [2.05, 4.69) is 0 Å². The number of amides is 1. The fraction of sp³-hybridized carbons (Fsp3) is 0.400. The van der Waals surface area contributed by atoms with Crippen LogP contribution in [0, 0.1) is 0 Å². The van der Waals surface area contributed by atoms with E-state index >= 15 is 0 Å². The summed E-state index contributed by atoms with van der Waals surface area (Å²) < 4.78 is 73.1. The summed E-state index contributed by atoms with van der Waals surface area (Å²) in [6, 6.07) is 1.40. The molecule has 0 saturated carbocycles. The number of alkyl halides is 6. The summed E-state index contributed by atoms with van der Waals surface area (Å²) in [6.45, 7) is -2.56. The molecule has 0 aromatic carbocycles. The predicted octanol–water partition coefficient (Wildman–Crippen LogP) is 1.55. The molecule has 4 nitrogen and oxygen atoms in total. The van der Waals surface area contributed by atoms with Crippen LogP contribution < -0.4 is 10.9 Å². The quantitative estimate of drug-likeness (QED) is 0.861. The SMILES string of the molecule is O=C(Cn1cccc(C(F)(F)F)c1=O)NCC(F)(F)F. The zero-order chi connectivity index (χ0) is 15.6. The number of nitrogens with one attached hydrogen (secondary N) is 1. The van der Waals surface area contributed by atoms with Gasteiger partial charge in [-0.05, 0) is 12.1 Å². The van der Waals surface area contributed by atoms with Crippen molar-refractivity contribution < 1.29 is 31.1 Å². The standard InChI is InChI=1S/C10H8F6N2O2/c11-9(12,13)5-17-7(19)4-18-3-1-2-6(8(18)20)10(14,15)16/h1-3H,4-5H2,(H,17,19). The van der Waals surface area contributed by atoms with Crippen molar-refractivity contribution in [1.29, 1.82) is 0 Å². The normalized spacial score (nSPS) is 12.3. The Morgan fingerprint density at radius 3 is 2.30 bits per heavy atom. The third-order valence-electron chi connectivity index (χ3n) is 2.13. The molecule has 0 saturated heterocycles. The molecule has 0 aliphatic rings. The van der Waals surface area contributed by atoms with E-state index in [4.69, 9.17) is 0 Å². The molecule has 0 fully saturated rings. The second-order valence-corrected chi connectivity index (χ2v) is 3.74. The van der Waals surface area contributed by atoms with Crippen molar-refractivity contribution in [3.8, 4) is 0 Å². The number of carbonyl (C=O) groups is 1. The van der Waals surface area contributed by atoms with Crippen LogP contribution in [0.4, 0.5) is 26.3 Å². The molecule has 1 aromatic heterocycles. The third kappa shape index (κ3) is 4.59. The molecule has 1 N–H and O–H groups in total. The van der Waals surface area contributed by atoms with Crippen molar-refractivity contribution in [3.05, 3.63) is 34.2 Å². The molecule has 112 valence electrons. The summed E-state index contributed by atoms with van der Waals surface area (Å²) in [5.41, 5.74) is -2.99. The van der Waals surface area contributed by atoms with Crippen molar-refractivity contribution in [1.82, 2.24) is 9.88 Å². The Balaban J connectivity index is 2.84. The minimum absolute atomic E-state index is 0.383. The van der Waals surface area contributed by atoms with Crippen LogP contribution in [-0.2, 0) is 17.5 Å². The van der Waals surface area contributed by atoms with Gasteiger partial charge in [0.2, 0.25) is 5.91 Å². The highest BCUT2D eigenvalue weighted by molar-refractivity contribution is 5.75. The highest BCUT2D eigenvalue weighted by Gasteiger charge is 2.34. The fourth-order valence-electron chi connectivity index (χ4n) is 1.29. The van der Waals surface area contributed by atoms with Crippen LogP contribution in [0.15, 0.2) is 23.1 Å². The van der Waals surface area contributed by atoms with Gasteiger partial charge in [0.1, 0.15) is 18.7 Å². The van der Waals surface area contributed by atoms with Crippen molar-refractivity contribution in [2.24, 2.45) is 0 Å². The van der Waals surface area contributed by atoms with Crippen LogP contribution >= 0.6 is 0 Å². The highest BCUT2D eigenvalue weighted by Crippen LogP contribution is 2.25. The number of aromatic nitrogens is 1. The van der Waals surface area contributed by atoms with Gasteiger partial charge in [0.25, 0.3) is 5.56 Å². The number of halogens is 6. The van der Waals surface area contributed by atoms with Gasteiger partial charge in [-0.3, -0.25) is 9.59 Å². The minimum Gasteiger partial charge on any atom is -0.345 e. The molecule has 0 atom stereocenters. The van der Waals surface area contributed by atoms with Gasteiger partial charge < -0.3 is 9.88 Å². The van der Waals surface area contributed by atoms with Crippen molar-refractivity contribution in [3.63, 3.8) is 0 Å². The summed E-state index contributed by atoms with van der Waals surface area (Å²) in [7, 11) is 0. The topological polar surface area (TPSA) is 51.1 Å². The summed E-state index contributed by atoms with van der Waals surface area (Å²) in [6.07, 6.45) is -8.66. The van der Waals surface area contributed by atoms with E-state index in [0.29, 0.717) is 10.6 Å². The summed E-state index contributed by atoms with van der Waals surface area (Å²) in [5, 5.41) is 1.45. The molecule has 10 heteroatoms. The minimum atomic E-state index is -4.90. The molecule has 1 heterocycles. The average molecular weight is 302 g/mol. The first-order valence-electron chi connectivity index (χ1n) is 5.11. The van der Waals surface area contributed by atoms with Gasteiger partial charge in [-0.2, -0.15) is 26.3 Å². The Morgan fingerprint density at radius 1 is 1.20 bits per heavy atom. The zero-order valence-corrected chi connectivity index (χ0v) is 9.68. The molecule has 0 unspecified atom stereocenters. The van der Waals surface area contributed by atoms with E-state index in [1.165, 1.54) is 5.32 Å². The van der Waals surface area contributed by atoms with E-state index in [1.807, 2.05) is 0 Å². The van der Waals surface area contributed by atoms with Crippen LogP contribution in [0.2, 0.25) is 0 Å². The second kappa shape index (κ2) is 5.55. The lowest BCUT2D eigenvalue weighted by atomic mass is 10.2. The Hall–Kier alpha value is -2.00. The Morgan fingerprint density at radius 2 is 1.80 bits per heavy atom. The van der Waals surface area contributed by atoms with Crippen LogP contribution in [0.5, 0.6) is 0 Å². The second-order valence-electron chi connectivity index (χ2n) is 3.74. The summed E-state index contributed by atoms with van der Waals surface area (Å²) in [4.78, 5) is 22.5. The van der Waals surface area contributed by atoms with Crippen molar-refractivity contribution in [2.45, 2.75) is 18.9 Å². The predicted molar refractivity (Wildman–Crippen MR) is 54.8 cm³/mol. The first-order valence-corrected chi connectivity index (χ1v) is 5.11. The average Bonchev–Trinajstić information content (AvgIpc) is 2.27. The Kier molecular flexibility index (Phi) is 4.46. The van der Waals surface area contributed by atoms with Crippen molar-refractivity contribution >= 4 is 5.91 Å². The number of rotatable bonds is 3. The molecule has 0 bridgehead atoms. The number of pyridine rings is 1. The summed E-state index contributed by atoms with van der Waals surface area (Å²) >= 11 is 0. The molecule has 0 aliphatic carbocycles. The summed E-state index contributed by atoms with van der Waals surface area (Å²) in [5.74, 6) is -1.22. The molecule has 0 aliphatic heterocycles. The number of hydrogen-bond acceptors (Lipinski definition) is 2. The third-order valence-corrected chi connectivity index (χ3v) is 2.13. The number of hydrogen-bond donors (Lipinski definition) is 1. The fourth-order valence-corrected chi connectivity index (χ4v) is 1.29. The largest absolute Gasteiger partial charge is 0.421 e. The van der Waals surface area contributed by atoms with Gasteiger partial charge >= 0.3 is 12.4 Å². The number of carbonyl (C=O) groups excluding carboxylic acids is 1. The van der Waals surface area contributed by atoms with Gasteiger partial charge in [0.05, 0.1) is 0 Å². The molecule has 0 spiro atoms. The van der Waals surface area contributed by atoms with Gasteiger partial charge in [0.15, 0.2) is 0 Å². The first kappa shape index (κ1) is 16.1. The molecule has 1 rings (SSSR count). The Labute approximate surface area is 108 Å². The van der Waals surface area contributed by atoms with Crippen LogP contribution in [0.3, 0.4) is 0 Å². The lowest BCUT2D eigenvalue weighted by Gasteiger charge is -2.11. The maximum Gasteiger partial charge on any atom is 0.421 e. The van der Waals surface area contributed by atoms with Crippen LogP contribution in [0.1, 0.15) is 5.56 Å². The maximum atomic E-state index is 12.4. The van der Waals surface area contributed by atoms with Crippen LogP contribution in [0.25, 0.3) is 0 Å². The molecular weight excluding hydrogens is 294 g/mol. The van der Waals surface area contributed by atoms with Gasteiger partial charge in [-0.15, -0.1) is 0 Å². The van der Waals surface area contributed by atoms with Crippen LogP contribution in [-0.4, -0.2) is 23.2 Å². The van der Waals surface area contributed by atoms with E-state index in [9.17, 15) is 35.9 Å². The number of nitrogens with zero attached hydrogens (tertiary/aromatic N) is 1. The highest BCUT2D eigenvalue weighted by atomic mass is 19.4. The molecule has 1 amide bonds. The van der Waals surface area contributed by atoms with Gasteiger partial charge in [0, 0.05) is 6.20 Å². The van der Waals surface area contributed by atoms with E-state index in [1.54, 1.807) is 0 Å². The Bertz CT molecular complexity index is 546. The smallest absolute Gasteiger partial charge is 0.345 e. The first-order chi connectivity index (χ1) is 9.00. The lowest BCUT2D eigenvalue weighted by Crippen LogP contribution is -2.38. The molecule has 0 radical (unpaired) electrons. The maximum absolute atomic E-state index is 12.4. The molecule has 20 heavy (non-hydrogen) atoms. The van der Waals surface area contributed by atoms with E-state index in [-0.39, 0.29) is 0 Å². The van der Waals surface area contributed by atoms with Gasteiger partial charge in [-0.25, -0.2) is 0 Å². The molecular formula is C10H8F6N2O2. The van der Waals surface area contributed by atoms with Crippen molar-refractivity contribution in [2.75, 3.05) is 6.54 Å².